The zero-order valence-electron chi connectivity index (χ0n) is 14.7. The maximum atomic E-state index is 5.93. The molecule has 1 aliphatic rings. The van der Waals surface area contributed by atoms with E-state index in [1.807, 2.05) is 36.5 Å². The van der Waals surface area contributed by atoms with Gasteiger partial charge < -0.3 is 0 Å². The van der Waals surface area contributed by atoms with Crippen LogP contribution in [0, 0.1) is 23.7 Å². The molecule has 1 nitrogen and oxygen atoms in total. The van der Waals surface area contributed by atoms with Gasteiger partial charge in [0.05, 0.1) is 5.69 Å². The van der Waals surface area contributed by atoms with Gasteiger partial charge >= 0.3 is 0 Å². The Kier molecular flexibility index (Phi) is 6.31. The Morgan fingerprint density at radius 2 is 1.84 bits per heavy atom. The van der Waals surface area contributed by atoms with Gasteiger partial charge in [-0.3, -0.25) is 4.98 Å². The van der Waals surface area contributed by atoms with Crippen molar-refractivity contribution >= 4 is 11.6 Å². The van der Waals surface area contributed by atoms with Crippen molar-refractivity contribution in [2.75, 3.05) is 0 Å². The lowest BCUT2D eigenvalue weighted by molar-refractivity contribution is 0.364. The third kappa shape index (κ3) is 5.21. The van der Waals surface area contributed by atoms with Crippen LogP contribution in [0.5, 0.6) is 0 Å². The Morgan fingerprint density at radius 1 is 1.08 bits per heavy atom. The van der Waals surface area contributed by atoms with Gasteiger partial charge in [-0.15, -0.1) is 0 Å². The highest BCUT2D eigenvalue weighted by Gasteiger charge is 2.17. The number of allylic oxidation sites excluding steroid dienone is 2. The number of halogens is 1. The van der Waals surface area contributed by atoms with E-state index in [2.05, 4.69) is 42.0 Å². The van der Waals surface area contributed by atoms with Crippen LogP contribution in [0.1, 0.15) is 44.6 Å². The molecule has 0 atom stereocenters. The van der Waals surface area contributed by atoms with Crippen molar-refractivity contribution in [3.05, 3.63) is 65.3 Å². The summed E-state index contributed by atoms with van der Waals surface area (Å²) in [4.78, 5) is 4.53. The van der Waals surface area contributed by atoms with Crippen molar-refractivity contribution in [3.8, 4) is 23.1 Å². The molecule has 1 aliphatic carbocycles. The molecule has 128 valence electrons. The minimum atomic E-state index is 0.530. The van der Waals surface area contributed by atoms with Crippen LogP contribution < -0.4 is 0 Å². The zero-order valence-corrected chi connectivity index (χ0v) is 15.5. The molecule has 3 rings (SSSR count). The second-order valence-electron chi connectivity index (χ2n) is 6.66. The Balaban J connectivity index is 1.58. The molecule has 0 amide bonds. The molecule has 1 saturated carbocycles. The van der Waals surface area contributed by atoms with E-state index in [9.17, 15) is 0 Å². The molecule has 2 heteroatoms. The van der Waals surface area contributed by atoms with E-state index in [-0.39, 0.29) is 0 Å². The summed E-state index contributed by atoms with van der Waals surface area (Å²) in [5.74, 6) is 8.05. The number of hydrogen-bond donors (Lipinski definition) is 0. The van der Waals surface area contributed by atoms with Gasteiger partial charge in [0.1, 0.15) is 0 Å². The van der Waals surface area contributed by atoms with Crippen LogP contribution in [0.25, 0.3) is 11.3 Å². The Hall–Kier alpha value is -2.04. The summed E-state index contributed by atoms with van der Waals surface area (Å²) in [6, 6.07) is 11.8. The van der Waals surface area contributed by atoms with E-state index >= 15 is 0 Å². The molecule has 0 bridgehead atoms. The zero-order chi connectivity index (χ0) is 17.5. The molecule has 1 aromatic carbocycles. The van der Waals surface area contributed by atoms with E-state index in [1.165, 1.54) is 25.7 Å². The lowest BCUT2D eigenvalue weighted by Gasteiger charge is -2.23. The molecular formula is C23H24ClN. The van der Waals surface area contributed by atoms with Crippen LogP contribution in [0.3, 0.4) is 0 Å². The minimum Gasteiger partial charge on any atom is -0.255 e. The van der Waals surface area contributed by atoms with E-state index in [1.54, 1.807) is 0 Å². The molecule has 0 spiro atoms. The molecule has 1 heterocycles. The fraction of sp³-hybridized carbons (Fsp3) is 0.348. The van der Waals surface area contributed by atoms with Crippen molar-refractivity contribution in [1.29, 1.82) is 0 Å². The third-order valence-electron chi connectivity index (χ3n) is 4.74. The van der Waals surface area contributed by atoms with Gasteiger partial charge in [-0.2, -0.15) is 0 Å². The van der Waals surface area contributed by atoms with Gasteiger partial charge in [0.25, 0.3) is 0 Å². The molecule has 1 aromatic heterocycles. The molecule has 0 aliphatic heterocycles. The number of rotatable bonds is 3. The highest BCUT2D eigenvalue weighted by Crippen LogP contribution is 2.29. The normalized spacial score (nSPS) is 20.2. The molecule has 0 N–H and O–H groups in total. The van der Waals surface area contributed by atoms with Crippen LogP contribution >= 0.6 is 11.6 Å². The summed E-state index contributed by atoms with van der Waals surface area (Å²) in [5, 5.41) is 0.742. The second-order valence-corrected chi connectivity index (χ2v) is 7.09. The first-order valence-corrected chi connectivity index (χ1v) is 9.52. The number of benzene rings is 1. The van der Waals surface area contributed by atoms with E-state index < -0.39 is 0 Å². The van der Waals surface area contributed by atoms with Crippen LogP contribution in [-0.2, 0) is 0 Å². The maximum Gasteiger partial charge on any atom is 0.0702 e. The Bertz CT molecular complexity index is 754. The van der Waals surface area contributed by atoms with E-state index in [4.69, 9.17) is 11.6 Å². The highest BCUT2D eigenvalue weighted by molar-refractivity contribution is 6.30. The first-order chi connectivity index (χ1) is 12.2. The van der Waals surface area contributed by atoms with Gasteiger partial charge in [-0.05, 0) is 62.3 Å². The molecule has 2 aromatic rings. The van der Waals surface area contributed by atoms with Crippen molar-refractivity contribution in [1.82, 2.24) is 4.98 Å². The minimum absolute atomic E-state index is 0.530. The molecule has 0 saturated heterocycles. The van der Waals surface area contributed by atoms with Crippen molar-refractivity contribution in [2.24, 2.45) is 11.8 Å². The first kappa shape index (κ1) is 17.8. The summed E-state index contributed by atoms with van der Waals surface area (Å²) in [7, 11) is 0. The number of hydrogen-bond acceptors (Lipinski definition) is 1. The summed E-state index contributed by atoms with van der Waals surface area (Å²) in [5.41, 5.74) is 3.01. The summed E-state index contributed by atoms with van der Waals surface area (Å²) >= 11 is 5.93. The smallest absolute Gasteiger partial charge is 0.0702 e. The fourth-order valence-electron chi connectivity index (χ4n) is 3.23. The quantitative estimate of drug-likeness (QED) is 0.453. The predicted octanol–water partition coefficient (Wildman–Crippen LogP) is 6.53. The molecular weight excluding hydrogens is 326 g/mol. The molecule has 25 heavy (non-hydrogen) atoms. The van der Waals surface area contributed by atoms with E-state index in [0.29, 0.717) is 5.92 Å². The molecule has 1 fully saturated rings. The maximum absolute atomic E-state index is 5.93. The SMILES string of the molecule is CCC=C[C@H]1CC[C@H](C#Cc2ccc(-c3ccc(Cl)cc3)nc2)CC1. The standard InChI is InChI=1S/C23H24ClN/c1-2-3-4-18-5-7-19(8-6-18)9-10-20-11-16-23(25-17-20)21-12-14-22(24)15-13-21/h3-4,11-19H,2,5-8H2,1H3/t18-,19-. The van der Waals surface area contributed by atoms with Crippen molar-refractivity contribution in [2.45, 2.75) is 39.0 Å². The Labute approximate surface area is 156 Å². The van der Waals surface area contributed by atoms with Gasteiger partial charge in [0, 0.05) is 28.3 Å². The lowest BCUT2D eigenvalue weighted by atomic mass is 9.82. The van der Waals surface area contributed by atoms with Crippen LogP contribution in [0.2, 0.25) is 5.02 Å². The van der Waals surface area contributed by atoms with Gasteiger partial charge in [0.2, 0.25) is 0 Å². The van der Waals surface area contributed by atoms with E-state index in [0.717, 1.165) is 34.2 Å². The first-order valence-electron chi connectivity index (χ1n) is 9.15. The van der Waals surface area contributed by atoms with Crippen LogP contribution in [0.4, 0.5) is 0 Å². The van der Waals surface area contributed by atoms with Gasteiger partial charge in [-0.1, -0.05) is 54.7 Å². The largest absolute Gasteiger partial charge is 0.255 e. The number of pyridine rings is 1. The summed E-state index contributed by atoms with van der Waals surface area (Å²) in [6.45, 7) is 2.19. The lowest BCUT2D eigenvalue weighted by Crippen LogP contribution is -2.11. The van der Waals surface area contributed by atoms with Gasteiger partial charge in [0.15, 0.2) is 0 Å². The molecule has 0 radical (unpaired) electrons. The van der Waals surface area contributed by atoms with Crippen LogP contribution in [-0.4, -0.2) is 4.98 Å². The second kappa shape index (κ2) is 8.88. The van der Waals surface area contributed by atoms with Gasteiger partial charge in [-0.25, -0.2) is 0 Å². The predicted molar refractivity (Wildman–Crippen MR) is 106 cm³/mol. The fourth-order valence-corrected chi connectivity index (χ4v) is 3.36. The van der Waals surface area contributed by atoms with Crippen molar-refractivity contribution in [3.63, 3.8) is 0 Å². The Morgan fingerprint density at radius 3 is 2.48 bits per heavy atom. The summed E-state index contributed by atoms with van der Waals surface area (Å²) < 4.78 is 0. The average Bonchev–Trinajstić information content (AvgIpc) is 2.67. The topological polar surface area (TPSA) is 12.9 Å². The van der Waals surface area contributed by atoms with Crippen molar-refractivity contribution < 1.29 is 0 Å². The average molecular weight is 350 g/mol. The highest BCUT2D eigenvalue weighted by atomic mass is 35.5. The molecule has 0 unspecified atom stereocenters. The van der Waals surface area contributed by atoms with Crippen LogP contribution in [0.15, 0.2) is 54.7 Å². The number of aromatic nitrogens is 1. The number of nitrogens with zero attached hydrogens (tertiary/aromatic N) is 1. The third-order valence-corrected chi connectivity index (χ3v) is 4.99. The monoisotopic (exact) mass is 349 g/mol. The summed E-state index contributed by atoms with van der Waals surface area (Å²) in [6.07, 6.45) is 12.6.